The lowest BCUT2D eigenvalue weighted by molar-refractivity contribution is -0.0212. The highest BCUT2D eigenvalue weighted by Gasteiger charge is 2.38. The molecule has 1 aliphatic rings. The van der Waals surface area contributed by atoms with E-state index in [1.807, 2.05) is 42.5 Å². The number of para-hydroxylation sites is 1. The predicted molar refractivity (Wildman–Crippen MR) is 132 cm³/mol. The number of carbonyl (C=O) groups excluding carboxylic acids is 1. The van der Waals surface area contributed by atoms with Crippen LogP contribution in [-0.4, -0.2) is 44.0 Å². The molecular formula is C23H20ClN5O2S2. The van der Waals surface area contributed by atoms with Crippen LogP contribution in [0.1, 0.15) is 28.2 Å². The third-order valence-electron chi connectivity index (χ3n) is 5.63. The minimum Gasteiger partial charge on any atom is -0.383 e. The number of anilines is 1. The summed E-state index contributed by atoms with van der Waals surface area (Å²) in [4.78, 5) is 28.7. The van der Waals surface area contributed by atoms with Crippen LogP contribution < -0.4 is 4.72 Å². The number of likely N-dealkylation sites (tertiary alicyclic amines) is 1. The third-order valence-corrected chi connectivity index (χ3v) is 7.82. The molecular weight excluding hydrogens is 478 g/mol. The van der Waals surface area contributed by atoms with Crippen molar-refractivity contribution in [2.24, 2.45) is 0 Å². The Labute approximate surface area is 204 Å². The normalized spacial score (nSPS) is 15.5. The molecule has 33 heavy (non-hydrogen) atoms. The van der Waals surface area contributed by atoms with Gasteiger partial charge in [-0.1, -0.05) is 17.7 Å². The van der Waals surface area contributed by atoms with Crippen molar-refractivity contribution in [2.75, 3.05) is 17.8 Å². The number of aromatic nitrogens is 3. The maximum Gasteiger partial charge on any atom is 0.253 e. The van der Waals surface area contributed by atoms with Crippen molar-refractivity contribution in [2.45, 2.75) is 23.3 Å². The molecule has 5 rings (SSSR count). The molecule has 3 heterocycles. The van der Waals surface area contributed by atoms with Gasteiger partial charge >= 0.3 is 0 Å². The van der Waals surface area contributed by atoms with Crippen LogP contribution in [0.3, 0.4) is 0 Å². The molecule has 168 valence electrons. The first-order valence-electron chi connectivity index (χ1n) is 10.4. The van der Waals surface area contributed by atoms with Gasteiger partial charge in [0.05, 0.1) is 16.6 Å². The van der Waals surface area contributed by atoms with Crippen molar-refractivity contribution in [3.8, 4) is 0 Å². The van der Waals surface area contributed by atoms with Gasteiger partial charge in [-0.3, -0.25) is 14.8 Å². The van der Waals surface area contributed by atoms with Gasteiger partial charge in [0.15, 0.2) is 0 Å². The third kappa shape index (κ3) is 4.67. The predicted octanol–water partition coefficient (Wildman–Crippen LogP) is 4.98. The fraction of sp³-hybridized carbons (Fsp3) is 0.217. The lowest BCUT2D eigenvalue weighted by atomic mass is 9.92. The standard InChI is InChI=1S/C23H20ClN5O2S2/c24-19-14-27-22(32-19)23(31)8-12-29(13-9-23)21(30)15-4-6-16(7-5-15)28-33-18-3-1-2-17-20(18)26-11-10-25-17/h1-7,10-11,14,28,31H,8-9,12-13H2. The SMILES string of the molecule is O=C(c1ccc(NSc2cccc3nccnc23)cc1)N1CCC(O)(c2ncc(Cl)s2)CC1. The van der Waals surface area contributed by atoms with Gasteiger partial charge in [-0.25, -0.2) is 4.98 Å². The average Bonchev–Trinajstić information content (AvgIpc) is 3.30. The molecule has 2 aromatic carbocycles. The molecule has 0 unspecified atom stereocenters. The number of amides is 1. The number of nitrogens with zero attached hydrogens (tertiary/aromatic N) is 4. The molecule has 0 atom stereocenters. The van der Waals surface area contributed by atoms with E-state index < -0.39 is 5.60 Å². The summed E-state index contributed by atoms with van der Waals surface area (Å²) >= 11 is 8.71. The fourth-order valence-electron chi connectivity index (χ4n) is 3.79. The monoisotopic (exact) mass is 497 g/mol. The Bertz CT molecular complexity index is 1280. The summed E-state index contributed by atoms with van der Waals surface area (Å²) in [6.45, 7) is 0.926. The Kier molecular flexibility index (Phi) is 6.20. The molecule has 1 amide bonds. The maximum absolute atomic E-state index is 13.0. The Morgan fingerprint density at radius 2 is 1.85 bits per heavy atom. The number of hydrogen-bond acceptors (Lipinski definition) is 8. The summed E-state index contributed by atoms with van der Waals surface area (Å²) in [7, 11) is 0. The van der Waals surface area contributed by atoms with Crippen molar-refractivity contribution >= 4 is 57.5 Å². The second kappa shape index (κ2) is 9.26. The molecule has 10 heteroatoms. The molecule has 2 N–H and O–H groups in total. The highest BCUT2D eigenvalue weighted by molar-refractivity contribution is 8.00. The van der Waals surface area contributed by atoms with E-state index in [-0.39, 0.29) is 5.91 Å². The molecule has 0 bridgehead atoms. The van der Waals surface area contributed by atoms with E-state index in [1.54, 1.807) is 23.5 Å². The minimum atomic E-state index is -1.02. The zero-order valence-corrected chi connectivity index (χ0v) is 19.8. The summed E-state index contributed by atoms with van der Waals surface area (Å²) in [6.07, 6.45) is 5.79. The lowest BCUT2D eigenvalue weighted by Gasteiger charge is -2.37. The van der Waals surface area contributed by atoms with Crippen LogP contribution in [0.2, 0.25) is 4.34 Å². The first-order chi connectivity index (χ1) is 16.0. The molecule has 1 saturated heterocycles. The molecule has 0 saturated carbocycles. The second-order valence-electron chi connectivity index (χ2n) is 7.76. The molecule has 2 aromatic heterocycles. The van der Waals surface area contributed by atoms with Crippen LogP contribution in [-0.2, 0) is 5.60 Å². The van der Waals surface area contributed by atoms with E-state index >= 15 is 0 Å². The van der Waals surface area contributed by atoms with Gasteiger partial charge in [0, 0.05) is 49.6 Å². The number of fused-ring (bicyclic) bond motifs is 1. The molecule has 1 aliphatic heterocycles. The van der Waals surface area contributed by atoms with Gasteiger partial charge < -0.3 is 14.7 Å². The first kappa shape index (κ1) is 22.1. The van der Waals surface area contributed by atoms with Gasteiger partial charge in [-0.15, -0.1) is 11.3 Å². The number of piperidine rings is 1. The Balaban J connectivity index is 1.20. The minimum absolute atomic E-state index is 0.0437. The van der Waals surface area contributed by atoms with Crippen LogP contribution in [0.25, 0.3) is 11.0 Å². The van der Waals surface area contributed by atoms with E-state index in [0.29, 0.717) is 40.8 Å². The highest BCUT2D eigenvalue weighted by Crippen LogP contribution is 2.37. The van der Waals surface area contributed by atoms with E-state index in [0.717, 1.165) is 21.6 Å². The summed E-state index contributed by atoms with van der Waals surface area (Å²) in [5.41, 5.74) is 2.16. The summed E-state index contributed by atoms with van der Waals surface area (Å²) in [6, 6.07) is 13.3. The molecule has 0 aliphatic carbocycles. The Morgan fingerprint density at radius 3 is 2.58 bits per heavy atom. The van der Waals surface area contributed by atoms with Gasteiger partial charge in [0.1, 0.15) is 20.5 Å². The number of halogens is 1. The van der Waals surface area contributed by atoms with Crippen molar-refractivity contribution in [1.29, 1.82) is 0 Å². The van der Waals surface area contributed by atoms with Crippen LogP contribution >= 0.6 is 34.9 Å². The number of benzene rings is 2. The van der Waals surface area contributed by atoms with Crippen molar-refractivity contribution in [3.63, 3.8) is 0 Å². The van der Waals surface area contributed by atoms with Crippen LogP contribution in [0.4, 0.5) is 5.69 Å². The summed E-state index contributed by atoms with van der Waals surface area (Å²) < 4.78 is 3.86. The second-order valence-corrected chi connectivity index (χ2v) is 10.3. The number of aliphatic hydroxyl groups is 1. The van der Waals surface area contributed by atoms with Crippen molar-refractivity contribution in [3.05, 3.63) is 76.0 Å². The van der Waals surface area contributed by atoms with Gasteiger partial charge in [-0.05, 0) is 48.3 Å². The molecule has 0 radical (unpaired) electrons. The number of thiazole rings is 1. The topological polar surface area (TPSA) is 91.2 Å². The van der Waals surface area contributed by atoms with Crippen LogP contribution in [0.15, 0.2) is 66.0 Å². The van der Waals surface area contributed by atoms with Crippen LogP contribution in [0.5, 0.6) is 0 Å². The van der Waals surface area contributed by atoms with Gasteiger partial charge in [-0.2, -0.15) is 0 Å². The maximum atomic E-state index is 13.0. The van der Waals surface area contributed by atoms with E-state index in [4.69, 9.17) is 11.6 Å². The zero-order chi connectivity index (χ0) is 22.8. The fourth-order valence-corrected chi connectivity index (χ4v) is 5.61. The van der Waals surface area contributed by atoms with E-state index in [1.165, 1.54) is 23.3 Å². The van der Waals surface area contributed by atoms with Crippen molar-refractivity contribution in [1.82, 2.24) is 19.9 Å². The van der Waals surface area contributed by atoms with Gasteiger partial charge in [0.25, 0.3) is 5.91 Å². The summed E-state index contributed by atoms with van der Waals surface area (Å²) in [5.74, 6) is -0.0437. The highest BCUT2D eigenvalue weighted by atomic mass is 35.5. The Morgan fingerprint density at radius 1 is 1.09 bits per heavy atom. The van der Waals surface area contributed by atoms with E-state index in [9.17, 15) is 9.90 Å². The van der Waals surface area contributed by atoms with Crippen LogP contribution in [0, 0.1) is 0 Å². The molecule has 1 fully saturated rings. The number of carbonyl (C=O) groups is 1. The summed E-state index contributed by atoms with van der Waals surface area (Å²) in [5, 5.41) is 11.5. The van der Waals surface area contributed by atoms with Gasteiger partial charge in [0.2, 0.25) is 0 Å². The number of hydrogen-bond donors (Lipinski definition) is 2. The van der Waals surface area contributed by atoms with Crippen molar-refractivity contribution < 1.29 is 9.90 Å². The lowest BCUT2D eigenvalue weighted by Crippen LogP contribution is -2.45. The number of nitrogens with one attached hydrogen (secondary N) is 1. The quantitative estimate of drug-likeness (QED) is 0.375. The average molecular weight is 498 g/mol. The van der Waals surface area contributed by atoms with E-state index in [2.05, 4.69) is 19.7 Å². The molecule has 0 spiro atoms. The Hall–Kier alpha value is -2.72. The smallest absolute Gasteiger partial charge is 0.253 e. The molecule has 7 nitrogen and oxygen atoms in total. The first-order valence-corrected chi connectivity index (χ1v) is 12.4. The molecule has 4 aromatic rings. The number of rotatable bonds is 5. The largest absolute Gasteiger partial charge is 0.383 e. The zero-order valence-electron chi connectivity index (χ0n) is 17.4.